The van der Waals surface area contributed by atoms with Gasteiger partial charge in [0.15, 0.2) is 0 Å². The molecule has 2 rings (SSSR count). The second kappa shape index (κ2) is 6.72. The van der Waals surface area contributed by atoms with Gasteiger partial charge in [-0.15, -0.1) is 0 Å². The number of aldehydes is 1. The van der Waals surface area contributed by atoms with Crippen molar-refractivity contribution in [2.75, 3.05) is 25.5 Å². The van der Waals surface area contributed by atoms with Crippen LogP contribution in [-0.2, 0) is 11.0 Å². The van der Waals surface area contributed by atoms with E-state index in [2.05, 4.69) is 5.32 Å². The van der Waals surface area contributed by atoms with Gasteiger partial charge < -0.3 is 15.0 Å². The monoisotopic (exact) mass is 314 g/mol. The van der Waals surface area contributed by atoms with E-state index < -0.39 is 11.7 Å². The number of likely N-dealkylation sites (tertiary alicyclic amines) is 1. The summed E-state index contributed by atoms with van der Waals surface area (Å²) in [6.07, 6.45) is 0.136. The fourth-order valence-corrected chi connectivity index (χ4v) is 2.40. The number of benzene rings is 1. The predicted molar refractivity (Wildman–Crippen MR) is 76.8 cm³/mol. The molecule has 1 N–H and O–H groups in total. The van der Waals surface area contributed by atoms with E-state index in [1.54, 1.807) is 12.3 Å². The van der Waals surface area contributed by atoms with Crippen LogP contribution in [0.15, 0.2) is 30.5 Å². The minimum atomic E-state index is -4.42. The fraction of sp³-hybridized carbons (Fsp3) is 0.400. The number of nitrogens with zero attached hydrogens (tertiary/aromatic N) is 1. The van der Waals surface area contributed by atoms with E-state index in [9.17, 15) is 18.0 Å². The molecule has 4 nitrogen and oxygen atoms in total. The molecule has 1 fully saturated rings. The molecule has 1 heterocycles. The molecule has 0 bridgehead atoms. The van der Waals surface area contributed by atoms with E-state index in [0.717, 1.165) is 25.1 Å². The highest BCUT2D eigenvalue weighted by Crippen LogP contribution is 2.34. The van der Waals surface area contributed by atoms with E-state index in [-0.39, 0.29) is 11.8 Å². The van der Waals surface area contributed by atoms with Crippen molar-refractivity contribution in [2.24, 2.45) is 0 Å². The molecule has 1 saturated heterocycles. The summed E-state index contributed by atoms with van der Waals surface area (Å²) >= 11 is 0. The zero-order valence-electron chi connectivity index (χ0n) is 12.1. The molecule has 0 amide bonds. The van der Waals surface area contributed by atoms with Gasteiger partial charge >= 0.3 is 6.18 Å². The first-order valence-corrected chi connectivity index (χ1v) is 6.81. The van der Waals surface area contributed by atoms with Gasteiger partial charge in [0.05, 0.1) is 12.7 Å². The summed E-state index contributed by atoms with van der Waals surface area (Å²) in [6, 6.07) is 3.61. The lowest BCUT2D eigenvalue weighted by Gasteiger charge is -2.17. The number of anilines is 1. The number of nitrogens with one attached hydrogen (secondary N) is 1. The number of hydrogen-bond acceptors (Lipinski definition) is 4. The van der Waals surface area contributed by atoms with E-state index in [4.69, 9.17) is 4.74 Å². The van der Waals surface area contributed by atoms with Crippen molar-refractivity contribution in [3.05, 3.63) is 36.0 Å². The lowest BCUT2D eigenvalue weighted by Crippen LogP contribution is -2.23. The average Bonchev–Trinajstić information content (AvgIpc) is 2.91. The first-order valence-electron chi connectivity index (χ1n) is 6.81. The smallest absolute Gasteiger partial charge is 0.416 e. The third-order valence-electron chi connectivity index (χ3n) is 3.44. The summed E-state index contributed by atoms with van der Waals surface area (Å²) in [4.78, 5) is 12.2. The number of carbonyl (C=O) groups excluding carboxylic acids is 1. The van der Waals surface area contributed by atoms with Crippen molar-refractivity contribution in [3.63, 3.8) is 0 Å². The molecule has 0 spiro atoms. The van der Waals surface area contributed by atoms with Crippen molar-refractivity contribution in [1.29, 1.82) is 0 Å². The largest absolute Gasteiger partial charge is 0.497 e. The lowest BCUT2D eigenvalue weighted by molar-refractivity contribution is -0.137. The maximum atomic E-state index is 12.9. The molecular weight excluding hydrogens is 297 g/mol. The highest BCUT2D eigenvalue weighted by Gasteiger charge is 2.32. The van der Waals surface area contributed by atoms with Gasteiger partial charge in [-0.1, -0.05) is 0 Å². The van der Waals surface area contributed by atoms with Crippen LogP contribution >= 0.6 is 0 Å². The number of ether oxygens (including phenoxy) is 1. The molecule has 1 aromatic carbocycles. The summed E-state index contributed by atoms with van der Waals surface area (Å²) in [6.45, 7) is 1.38. The van der Waals surface area contributed by atoms with Crippen molar-refractivity contribution >= 4 is 12.0 Å². The van der Waals surface area contributed by atoms with Gasteiger partial charge in [0, 0.05) is 37.1 Å². The summed E-state index contributed by atoms with van der Waals surface area (Å²) in [5, 5.41) is 3.09. The molecule has 0 unspecified atom stereocenters. The van der Waals surface area contributed by atoms with E-state index in [1.165, 1.54) is 13.2 Å². The molecule has 0 aromatic heterocycles. The predicted octanol–water partition coefficient (Wildman–Crippen LogP) is 2.91. The Morgan fingerprint density at radius 1 is 1.36 bits per heavy atom. The van der Waals surface area contributed by atoms with Gasteiger partial charge in [-0.2, -0.15) is 13.2 Å². The molecule has 0 radical (unpaired) electrons. The van der Waals surface area contributed by atoms with Crippen LogP contribution in [0.5, 0.6) is 5.75 Å². The summed E-state index contributed by atoms with van der Waals surface area (Å²) in [7, 11) is 1.33. The Morgan fingerprint density at radius 2 is 2.14 bits per heavy atom. The average molecular weight is 314 g/mol. The molecule has 1 aliphatic rings. The third kappa shape index (κ3) is 4.16. The molecule has 0 aliphatic carbocycles. The topological polar surface area (TPSA) is 41.6 Å². The summed E-state index contributed by atoms with van der Waals surface area (Å²) < 4.78 is 43.5. The number of carbonyl (C=O) groups is 1. The number of allylic oxidation sites excluding steroid dienone is 1. The fourth-order valence-electron chi connectivity index (χ4n) is 2.40. The van der Waals surface area contributed by atoms with Crippen molar-refractivity contribution < 1.29 is 22.7 Å². The number of methoxy groups -OCH3 is 1. The second-order valence-electron chi connectivity index (χ2n) is 5.05. The van der Waals surface area contributed by atoms with Crippen LogP contribution < -0.4 is 10.1 Å². The minimum Gasteiger partial charge on any atom is -0.497 e. The first kappa shape index (κ1) is 16.2. The van der Waals surface area contributed by atoms with Gasteiger partial charge in [-0.25, -0.2) is 0 Å². The highest BCUT2D eigenvalue weighted by atomic mass is 19.4. The maximum Gasteiger partial charge on any atom is 0.416 e. The zero-order chi connectivity index (χ0) is 16.2. The van der Waals surface area contributed by atoms with Gasteiger partial charge in [0.25, 0.3) is 0 Å². The van der Waals surface area contributed by atoms with Gasteiger partial charge in [0.1, 0.15) is 12.0 Å². The molecule has 7 heteroatoms. The van der Waals surface area contributed by atoms with Crippen LogP contribution in [0.3, 0.4) is 0 Å². The molecule has 120 valence electrons. The first-order chi connectivity index (χ1) is 10.4. The Bertz CT molecular complexity index is 558. The number of hydrogen-bond donors (Lipinski definition) is 1. The van der Waals surface area contributed by atoms with Gasteiger partial charge in [-0.3, -0.25) is 4.79 Å². The SMILES string of the molecule is COc1cc(N[C@@H]2CCN(C=CC=O)C2)cc(C(F)(F)F)c1. The Hall–Kier alpha value is -2.18. The standard InChI is InChI=1S/C15H17F3N2O2/c1-22-14-8-11(15(16,17)18)7-13(9-14)19-12-3-5-20(10-12)4-2-6-21/h2,4,6-9,12,19H,3,5,10H2,1H3/t12-/m1/s1. The van der Waals surface area contributed by atoms with Crippen LogP contribution in [0, 0.1) is 0 Å². The van der Waals surface area contributed by atoms with Crippen LogP contribution in [0.25, 0.3) is 0 Å². The Labute approximate surface area is 126 Å². The Morgan fingerprint density at radius 3 is 2.77 bits per heavy atom. The number of rotatable bonds is 5. The zero-order valence-corrected chi connectivity index (χ0v) is 12.1. The van der Waals surface area contributed by atoms with E-state index in [1.807, 2.05) is 4.90 Å². The quantitative estimate of drug-likeness (QED) is 0.670. The van der Waals surface area contributed by atoms with Crippen LogP contribution in [-0.4, -0.2) is 37.4 Å². The Kier molecular flexibility index (Phi) is 4.95. The van der Waals surface area contributed by atoms with E-state index >= 15 is 0 Å². The normalized spacial score (nSPS) is 18.7. The van der Waals surface area contributed by atoms with Crippen LogP contribution in [0.2, 0.25) is 0 Å². The second-order valence-corrected chi connectivity index (χ2v) is 5.05. The van der Waals surface area contributed by atoms with Gasteiger partial charge in [-0.05, 0) is 24.6 Å². The molecule has 1 aromatic rings. The lowest BCUT2D eigenvalue weighted by atomic mass is 10.1. The third-order valence-corrected chi connectivity index (χ3v) is 3.44. The summed E-state index contributed by atoms with van der Waals surface area (Å²) in [5.74, 6) is 0.160. The van der Waals surface area contributed by atoms with Gasteiger partial charge in [0.2, 0.25) is 0 Å². The molecule has 0 saturated carbocycles. The molecular formula is C15H17F3N2O2. The minimum absolute atomic E-state index is 0.0180. The molecule has 1 aliphatic heterocycles. The van der Waals surface area contributed by atoms with E-state index in [0.29, 0.717) is 18.5 Å². The summed E-state index contributed by atoms with van der Waals surface area (Å²) in [5.41, 5.74) is -0.372. The molecule has 1 atom stereocenters. The number of alkyl halides is 3. The van der Waals surface area contributed by atoms with Crippen LogP contribution in [0.1, 0.15) is 12.0 Å². The van der Waals surface area contributed by atoms with Crippen molar-refractivity contribution in [1.82, 2.24) is 4.90 Å². The highest BCUT2D eigenvalue weighted by molar-refractivity contribution is 5.64. The number of halogens is 3. The molecule has 22 heavy (non-hydrogen) atoms. The van der Waals surface area contributed by atoms with Crippen molar-refractivity contribution in [3.8, 4) is 5.75 Å². The maximum absolute atomic E-state index is 12.9. The van der Waals surface area contributed by atoms with Crippen LogP contribution in [0.4, 0.5) is 18.9 Å². The van der Waals surface area contributed by atoms with Crippen molar-refractivity contribution in [2.45, 2.75) is 18.6 Å². The Balaban J connectivity index is 2.10.